The van der Waals surface area contributed by atoms with Crippen LogP contribution in [0.2, 0.25) is 0 Å². The number of carbonyl (C=O) groups is 1. The van der Waals surface area contributed by atoms with Gasteiger partial charge in [0.05, 0.1) is 19.0 Å². The highest BCUT2D eigenvalue weighted by molar-refractivity contribution is 5.89. The Kier molecular flexibility index (Phi) is 4.31. The van der Waals surface area contributed by atoms with Crippen molar-refractivity contribution in [2.24, 2.45) is 5.73 Å². The molecule has 0 radical (unpaired) electrons. The molecule has 1 unspecified atom stereocenters. The Labute approximate surface area is 96.0 Å². The third kappa shape index (κ3) is 2.52. The average molecular weight is 222 g/mol. The first-order valence-electron chi connectivity index (χ1n) is 5.30. The molecule has 0 spiro atoms. The minimum absolute atomic E-state index is 0.367. The van der Waals surface area contributed by atoms with E-state index < -0.39 is 6.09 Å². The number of rotatable bonds is 3. The van der Waals surface area contributed by atoms with E-state index in [2.05, 4.69) is 0 Å². The smallest absolute Gasteiger partial charge is 0.415 e. The van der Waals surface area contributed by atoms with Crippen LogP contribution >= 0.6 is 0 Å². The summed E-state index contributed by atoms with van der Waals surface area (Å²) in [7, 11) is 1.36. The lowest BCUT2D eigenvalue weighted by Gasteiger charge is -2.28. The van der Waals surface area contributed by atoms with Crippen molar-refractivity contribution in [3.63, 3.8) is 0 Å². The standard InChI is InChI=1S/C12H18N2O2/c1-4-11(13)14(12(15)16-3)10-8-6-5-7-9(10)2/h5-8,11H,4,13H2,1-3H3. The van der Waals surface area contributed by atoms with E-state index in [1.54, 1.807) is 0 Å². The van der Waals surface area contributed by atoms with Crippen LogP contribution in [-0.4, -0.2) is 19.4 Å². The predicted octanol–water partition coefficient (Wildman–Crippen LogP) is 2.26. The fraction of sp³-hybridized carbons (Fsp3) is 0.417. The number of benzene rings is 1. The number of nitrogens with zero attached hydrogens (tertiary/aromatic N) is 1. The molecule has 0 heterocycles. The molecule has 0 aliphatic heterocycles. The number of hydrogen-bond donors (Lipinski definition) is 1. The number of amides is 1. The topological polar surface area (TPSA) is 55.6 Å². The van der Waals surface area contributed by atoms with E-state index in [0.717, 1.165) is 11.3 Å². The first-order valence-corrected chi connectivity index (χ1v) is 5.30. The van der Waals surface area contributed by atoms with Crippen molar-refractivity contribution >= 4 is 11.8 Å². The van der Waals surface area contributed by atoms with E-state index in [4.69, 9.17) is 10.5 Å². The van der Waals surface area contributed by atoms with Crippen molar-refractivity contribution in [1.82, 2.24) is 0 Å². The van der Waals surface area contributed by atoms with Crippen LogP contribution in [0.5, 0.6) is 0 Å². The van der Waals surface area contributed by atoms with Crippen LogP contribution in [0.4, 0.5) is 10.5 Å². The van der Waals surface area contributed by atoms with Crippen molar-refractivity contribution in [1.29, 1.82) is 0 Å². The second-order valence-corrected chi connectivity index (χ2v) is 3.60. The molecule has 2 N–H and O–H groups in total. The Bertz CT molecular complexity index is 366. The molecule has 1 rings (SSSR count). The minimum atomic E-state index is -0.427. The number of aryl methyl sites for hydroxylation is 1. The van der Waals surface area contributed by atoms with Crippen molar-refractivity contribution in [2.75, 3.05) is 12.0 Å². The Morgan fingerprint density at radius 3 is 2.62 bits per heavy atom. The number of ether oxygens (including phenoxy) is 1. The maximum absolute atomic E-state index is 11.7. The van der Waals surface area contributed by atoms with Gasteiger partial charge >= 0.3 is 6.09 Å². The van der Waals surface area contributed by atoms with Crippen molar-refractivity contribution in [3.8, 4) is 0 Å². The largest absolute Gasteiger partial charge is 0.452 e. The second kappa shape index (κ2) is 5.51. The van der Waals surface area contributed by atoms with Gasteiger partial charge in [-0.15, -0.1) is 0 Å². The van der Waals surface area contributed by atoms with E-state index in [-0.39, 0.29) is 6.17 Å². The molecule has 1 aromatic rings. The van der Waals surface area contributed by atoms with Gasteiger partial charge in [0.15, 0.2) is 0 Å². The molecule has 0 aliphatic rings. The van der Waals surface area contributed by atoms with Crippen molar-refractivity contribution in [3.05, 3.63) is 29.8 Å². The molecule has 1 atom stereocenters. The van der Waals surface area contributed by atoms with Crippen LogP contribution < -0.4 is 10.6 Å². The van der Waals surface area contributed by atoms with Crippen LogP contribution in [0, 0.1) is 6.92 Å². The highest BCUT2D eigenvalue weighted by Gasteiger charge is 2.22. The summed E-state index contributed by atoms with van der Waals surface area (Å²) in [4.78, 5) is 13.2. The van der Waals surface area contributed by atoms with E-state index in [1.807, 2.05) is 38.1 Å². The molecule has 0 bridgehead atoms. The molecular weight excluding hydrogens is 204 g/mol. The van der Waals surface area contributed by atoms with Crippen LogP contribution in [-0.2, 0) is 4.74 Å². The Morgan fingerprint density at radius 2 is 2.12 bits per heavy atom. The molecular formula is C12H18N2O2. The normalized spacial score (nSPS) is 12.0. The quantitative estimate of drug-likeness (QED) is 0.798. The number of anilines is 1. The molecule has 0 saturated carbocycles. The lowest BCUT2D eigenvalue weighted by Crippen LogP contribution is -2.46. The summed E-state index contributed by atoms with van der Waals surface area (Å²) in [5.41, 5.74) is 7.71. The summed E-state index contributed by atoms with van der Waals surface area (Å²) in [6.07, 6.45) is -0.124. The van der Waals surface area contributed by atoms with Crippen molar-refractivity contribution in [2.45, 2.75) is 26.4 Å². The minimum Gasteiger partial charge on any atom is -0.452 e. The Morgan fingerprint density at radius 1 is 1.50 bits per heavy atom. The van der Waals surface area contributed by atoms with E-state index in [9.17, 15) is 4.79 Å². The van der Waals surface area contributed by atoms with Gasteiger partial charge in [0.1, 0.15) is 0 Å². The summed E-state index contributed by atoms with van der Waals surface area (Å²) >= 11 is 0. The molecule has 16 heavy (non-hydrogen) atoms. The fourth-order valence-electron chi connectivity index (χ4n) is 1.53. The van der Waals surface area contributed by atoms with E-state index >= 15 is 0 Å². The van der Waals surface area contributed by atoms with Crippen LogP contribution in [0.3, 0.4) is 0 Å². The number of nitrogens with two attached hydrogens (primary N) is 1. The zero-order valence-corrected chi connectivity index (χ0v) is 9.93. The van der Waals surface area contributed by atoms with Gasteiger partial charge in [-0.2, -0.15) is 0 Å². The van der Waals surface area contributed by atoms with Gasteiger partial charge in [-0.1, -0.05) is 25.1 Å². The number of hydrogen-bond acceptors (Lipinski definition) is 3. The zero-order chi connectivity index (χ0) is 12.1. The third-order valence-corrected chi connectivity index (χ3v) is 2.50. The summed E-state index contributed by atoms with van der Waals surface area (Å²) in [5.74, 6) is 0. The average Bonchev–Trinajstić information content (AvgIpc) is 2.31. The maximum atomic E-state index is 11.7. The van der Waals surface area contributed by atoms with Gasteiger partial charge in [-0.3, -0.25) is 4.90 Å². The molecule has 4 nitrogen and oxygen atoms in total. The molecule has 0 aliphatic carbocycles. The van der Waals surface area contributed by atoms with Gasteiger partial charge in [-0.25, -0.2) is 4.79 Å². The molecule has 88 valence electrons. The fourth-order valence-corrected chi connectivity index (χ4v) is 1.53. The maximum Gasteiger partial charge on any atom is 0.415 e. The summed E-state index contributed by atoms with van der Waals surface area (Å²) in [6, 6.07) is 7.60. The van der Waals surface area contributed by atoms with Gasteiger partial charge < -0.3 is 10.5 Å². The summed E-state index contributed by atoms with van der Waals surface area (Å²) in [6.45, 7) is 3.87. The van der Waals surface area contributed by atoms with Gasteiger partial charge in [0.25, 0.3) is 0 Å². The number of carbonyl (C=O) groups excluding carboxylic acids is 1. The first-order chi connectivity index (χ1) is 7.61. The molecule has 1 amide bonds. The Balaban J connectivity index is 3.11. The molecule has 4 heteroatoms. The number of methoxy groups -OCH3 is 1. The van der Waals surface area contributed by atoms with Crippen LogP contribution in [0.1, 0.15) is 18.9 Å². The molecule has 0 aromatic heterocycles. The zero-order valence-electron chi connectivity index (χ0n) is 9.93. The highest BCUT2D eigenvalue weighted by atomic mass is 16.5. The SMILES string of the molecule is CCC(N)N(C(=O)OC)c1ccccc1C. The number of para-hydroxylation sites is 1. The predicted molar refractivity (Wildman–Crippen MR) is 64.3 cm³/mol. The summed E-state index contributed by atoms with van der Waals surface area (Å²) in [5, 5.41) is 0. The lowest BCUT2D eigenvalue weighted by molar-refractivity contribution is 0.175. The highest BCUT2D eigenvalue weighted by Crippen LogP contribution is 2.22. The lowest BCUT2D eigenvalue weighted by atomic mass is 10.1. The van der Waals surface area contributed by atoms with E-state index in [0.29, 0.717) is 6.42 Å². The van der Waals surface area contributed by atoms with Crippen LogP contribution in [0.15, 0.2) is 24.3 Å². The van der Waals surface area contributed by atoms with Crippen molar-refractivity contribution < 1.29 is 9.53 Å². The first kappa shape index (κ1) is 12.5. The van der Waals surface area contributed by atoms with Gasteiger partial charge in [0, 0.05) is 0 Å². The van der Waals surface area contributed by atoms with Crippen LogP contribution in [0.25, 0.3) is 0 Å². The molecule has 1 aromatic carbocycles. The van der Waals surface area contributed by atoms with Gasteiger partial charge in [0.2, 0.25) is 0 Å². The summed E-state index contributed by atoms with van der Waals surface area (Å²) < 4.78 is 4.75. The Hall–Kier alpha value is -1.55. The third-order valence-electron chi connectivity index (χ3n) is 2.50. The molecule has 0 fully saturated rings. The van der Waals surface area contributed by atoms with E-state index in [1.165, 1.54) is 12.0 Å². The van der Waals surface area contributed by atoms with Gasteiger partial charge in [-0.05, 0) is 25.0 Å². The monoisotopic (exact) mass is 222 g/mol. The second-order valence-electron chi connectivity index (χ2n) is 3.60. The molecule has 0 saturated heterocycles.